The second-order valence-electron chi connectivity index (χ2n) is 11.5. The van der Waals surface area contributed by atoms with Gasteiger partial charge >= 0.3 is 41.7 Å². The van der Waals surface area contributed by atoms with E-state index in [4.69, 9.17) is 37.7 Å². The van der Waals surface area contributed by atoms with Gasteiger partial charge in [-0.2, -0.15) is 0 Å². The van der Waals surface area contributed by atoms with Gasteiger partial charge < -0.3 is 40.5 Å². The predicted octanol–water partition coefficient (Wildman–Crippen LogP) is 0.855. The van der Waals surface area contributed by atoms with E-state index in [1.165, 1.54) is 4.91 Å². The van der Waals surface area contributed by atoms with Gasteiger partial charge in [0.15, 0.2) is 0 Å². The molecule has 0 spiro atoms. The molecule has 0 saturated carbocycles. The number of rotatable bonds is 7. The van der Waals surface area contributed by atoms with Crippen LogP contribution in [0.1, 0.15) is 49.0 Å². The minimum Gasteiger partial charge on any atom is -0.444 e. The Balaban J connectivity index is -0.000000656. The molecule has 2 aliphatic rings. The van der Waals surface area contributed by atoms with Crippen molar-refractivity contribution in [2.24, 2.45) is 5.11 Å². The summed E-state index contributed by atoms with van der Waals surface area (Å²) in [7, 11) is 0. The Morgan fingerprint density at radius 2 is 1.12 bits per heavy atom. The molecule has 2 fully saturated rings. The molecule has 2 N–H and O–H groups in total. The van der Waals surface area contributed by atoms with Crippen molar-refractivity contribution in [3.05, 3.63) is 26.4 Å². The van der Waals surface area contributed by atoms with Crippen molar-refractivity contribution in [3.63, 3.8) is 0 Å². The molecule has 0 radical (unpaired) electrons. The van der Waals surface area contributed by atoms with Gasteiger partial charge in [0.25, 0.3) is 0 Å². The maximum Gasteiger partial charge on any atom is 1.00 e. The fraction of sp³-hybridized carbons (Fsp3) is 0.920. The van der Waals surface area contributed by atoms with E-state index in [0.29, 0.717) is 52.4 Å². The van der Waals surface area contributed by atoms with Gasteiger partial charge in [0, 0.05) is 76.2 Å². The molecule has 16 nitrogen and oxygen atoms in total. The van der Waals surface area contributed by atoms with Crippen LogP contribution in [-0.2, 0) is 9.47 Å². The first-order valence-electron chi connectivity index (χ1n) is 13.4. The molecule has 244 valence electrons. The van der Waals surface area contributed by atoms with Gasteiger partial charge in [-0.25, -0.2) is 9.59 Å². The van der Waals surface area contributed by atoms with E-state index >= 15 is 0 Å². The van der Waals surface area contributed by atoms with Crippen molar-refractivity contribution in [1.29, 1.82) is 0 Å². The largest absolute Gasteiger partial charge is 1.00 e. The molecule has 2 aliphatic heterocycles. The summed E-state index contributed by atoms with van der Waals surface area (Å²) >= 11 is 5.56. The first-order valence-corrected chi connectivity index (χ1v) is 13.9. The van der Waals surface area contributed by atoms with Gasteiger partial charge in [0.2, 0.25) is 0 Å². The Morgan fingerprint density at radius 1 is 0.791 bits per heavy atom. The monoisotopic (exact) mass is 644 g/mol. The second-order valence-corrected chi connectivity index (χ2v) is 11.8. The van der Waals surface area contributed by atoms with Gasteiger partial charge in [0.1, 0.15) is 11.2 Å². The molecule has 2 unspecified atom stereocenters. The average Bonchev–Trinajstić information content (AvgIpc) is 2.87. The Kier molecular flexibility index (Phi) is 25.1. The van der Waals surface area contributed by atoms with Crippen LogP contribution in [0.3, 0.4) is 0 Å². The van der Waals surface area contributed by atoms with E-state index in [1.807, 2.05) is 46.4 Å². The van der Waals surface area contributed by atoms with Gasteiger partial charge in [-0.05, 0) is 47.1 Å². The van der Waals surface area contributed by atoms with E-state index in [2.05, 4.69) is 14.9 Å². The molecule has 0 bridgehead atoms. The maximum absolute atomic E-state index is 11.9. The smallest absolute Gasteiger partial charge is 0.444 e. The number of aliphatic hydroxyl groups is 2. The van der Waals surface area contributed by atoms with Crippen molar-refractivity contribution in [2.75, 3.05) is 77.9 Å². The molecule has 0 aliphatic carbocycles. The Hall–Kier alpha value is -1.71. The summed E-state index contributed by atoms with van der Waals surface area (Å²) in [5.74, 6) is 0.242. The van der Waals surface area contributed by atoms with Gasteiger partial charge in [-0.15, -0.1) is 11.6 Å². The van der Waals surface area contributed by atoms with Crippen molar-refractivity contribution >= 4 is 23.8 Å². The summed E-state index contributed by atoms with van der Waals surface area (Å²) in [5.41, 5.74) is 20.7. The summed E-state index contributed by atoms with van der Waals surface area (Å²) in [6, 6.07) is 0. The van der Waals surface area contributed by atoms with Crippen LogP contribution in [0, 0.1) is 0 Å². The fourth-order valence-corrected chi connectivity index (χ4v) is 3.81. The summed E-state index contributed by atoms with van der Waals surface area (Å²) in [6.45, 7) is 17.4. The number of azide groups is 1. The standard InChI is InChI=1S/C12H23ClN2O3.C12H23N5O3.CH4.N3.Na/c1-12(2,3)18-11(17)15-6-4-14(5-7-15)9-10(16)8-13;1-12(2,3)20-11(19)17-6-4-16(5-7-17)9-10(18)8-14-15-13;;1-3-2;/h10,16H,4-9H2,1-3H3;10,18H,4-9H2,1-3H3;1H4;;/q;;;-1;+1. The summed E-state index contributed by atoms with van der Waals surface area (Å²) in [4.78, 5) is 35.3. The number of carbonyl (C=O) groups excluding carboxylic acids is 2. The first kappa shape index (κ1) is 45.7. The fourth-order valence-electron chi connectivity index (χ4n) is 3.71. The molecular weight excluding hydrogens is 595 g/mol. The Bertz CT molecular complexity index is 864. The zero-order chi connectivity index (χ0) is 31.6. The number of hydrogen-bond donors (Lipinski definition) is 2. The van der Waals surface area contributed by atoms with Gasteiger partial charge in [-0.1, -0.05) is 12.5 Å². The van der Waals surface area contributed by atoms with E-state index < -0.39 is 23.4 Å². The molecule has 2 atom stereocenters. The summed E-state index contributed by atoms with van der Waals surface area (Å²) in [6.07, 6.45) is -1.73. The Morgan fingerprint density at radius 3 is 1.40 bits per heavy atom. The first-order chi connectivity index (χ1) is 19.0. The number of alkyl halides is 1. The van der Waals surface area contributed by atoms with Crippen LogP contribution >= 0.6 is 11.6 Å². The molecular formula is C25H50ClN10NaO6. The minimum atomic E-state index is -0.668. The van der Waals surface area contributed by atoms with E-state index in [9.17, 15) is 19.8 Å². The van der Waals surface area contributed by atoms with Crippen LogP contribution in [0.25, 0.3) is 26.4 Å². The van der Waals surface area contributed by atoms with Crippen LogP contribution in [0.2, 0.25) is 0 Å². The van der Waals surface area contributed by atoms with Crippen LogP contribution < -0.4 is 29.6 Å². The number of halogens is 1. The number of piperazine rings is 2. The van der Waals surface area contributed by atoms with Crippen molar-refractivity contribution < 1.29 is 58.8 Å². The topological polar surface area (TPSA) is 213 Å². The van der Waals surface area contributed by atoms with E-state index in [0.717, 1.165) is 13.1 Å². The third kappa shape index (κ3) is 23.4. The number of hydrogen-bond acceptors (Lipinski definition) is 9. The molecule has 43 heavy (non-hydrogen) atoms. The molecule has 18 heteroatoms. The molecule has 2 amide bonds. The summed E-state index contributed by atoms with van der Waals surface area (Å²) < 4.78 is 10.6. The number of ether oxygens (including phenoxy) is 2. The third-order valence-corrected chi connectivity index (χ3v) is 5.88. The SMILES string of the molecule is C.CC(C)(C)OC(=O)N1CCN(CC(O)CCl)CC1.CC(C)(C)OC(=O)N1CCN(CC(O)CN=[N+]=[N-])CC1.[N-]=[N+]=[N-].[Na+]. The molecule has 0 aromatic rings. The number of β-amino-alcohol motifs (C(OH)–C–C–N with tert-alkyl or cyclic N) is 2. The predicted molar refractivity (Wildman–Crippen MR) is 162 cm³/mol. The van der Waals surface area contributed by atoms with Gasteiger partial charge in [-0.3, -0.25) is 14.7 Å². The Labute approximate surface area is 282 Å². The zero-order valence-electron chi connectivity index (χ0n) is 26.0. The maximum atomic E-state index is 11.9. The van der Waals surface area contributed by atoms with Crippen molar-refractivity contribution in [1.82, 2.24) is 19.6 Å². The molecule has 2 saturated heterocycles. The van der Waals surface area contributed by atoms with Crippen molar-refractivity contribution in [2.45, 2.75) is 72.4 Å². The van der Waals surface area contributed by atoms with Crippen LogP contribution in [0.4, 0.5) is 9.59 Å². The third-order valence-electron chi connectivity index (χ3n) is 5.52. The normalized spacial score (nSPS) is 17.0. The summed E-state index contributed by atoms with van der Waals surface area (Å²) in [5, 5.41) is 22.4. The minimum absolute atomic E-state index is 0. The average molecular weight is 645 g/mol. The van der Waals surface area contributed by atoms with E-state index in [1.54, 1.807) is 9.80 Å². The number of carbonyl (C=O) groups is 2. The van der Waals surface area contributed by atoms with Crippen LogP contribution in [0.15, 0.2) is 5.11 Å². The molecule has 2 rings (SSSR count). The van der Waals surface area contributed by atoms with E-state index in [-0.39, 0.29) is 61.6 Å². The molecule has 2 heterocycles. The van der Waals surface area contributed by atoms with Crippen LogP contribution in [-0.4, -0.2) is 143 Å². The molecule has 0 aromatic heterocycles. The van der Waals surface area contributed by atoms with Gasteiger partial charge in [0.05, 0.1) is 18.8 Å². The van der Waals surface area contributed by atoms with Crippen molar-refractivity contribution in [3.8, 4) is 0 Å². The van der Waals surface area contributed by atoms with Crippen LogP contribution in [0.5, 0.6) is 0 Å². The zero-order valence-corrected chi connectivity index (χ0v) is 28.8. The number of aliphatic hydroxyl groups excluding tert-OH is 2. The quantitative estimate of drug-likeness (QED) is 0.133. The number of amides is 2. The molecule has 0 aromatic carbocycles. The number of nitrogens with zero attached hydrogens (tertiary/aromatic N) is 10. The second kappa shape index (κ2) is 23.6.